The molecule has 0 aliphatic heterocycles. The lowest BCUT2D eigenvalue weighted by molar-refractivity contribution is -0.385. The fraction of sp³-hybridized carbons (Fsp3) is 0.333. The van der Waals surface area contributed by atoms with E-state index < -0.39 is 0 Å². The van der Waals surface area contributed by atoms with Gasteiger partial charge >= 0.3 is 0 Å². The highest BCUT2D eigenvalue weighted by molar-refractivity contribution is 9.10. The third-order valence-electron chi connectivity index (χ3n) is 2.38. The molecule has 0 saturated heterocycles. The van der Waals surface area contributed by atoms with E-state index in [1.165, 1.54) is 6.07 Å². The van der Waals surface area contributed by atoms with Gasteiger partial charge in [-0.1, -0.05) is 15.9 Å². The molecule has 0 unspecified atom stereocenters. The van der Waals surface area contributed by atoms with Gasteiger partial charge in [-0.25, -0.2) is 0 Å². The zero-order valence-electron chi connectivity index (χ0n) is 7.31. The maximum atomic E-state index is 10.6. The molecular formula is C9H9BrN2O2. The minimum absolute atomic E-state index is 0.119. The summed E-state index contributed by atoms with van der Waals surface area (Å²) in [4.78, 5) is 10.2. The summed E-state index contributed by atoms with van der Waals surface area (Å²) in [6.07, 6.45) is 0.924. The summed E-state index contributed by atoms with van der Waals surface area (Å²) < 4.78 is 0.737. The van der Waals surface area contributed by atoms with Crippen molar-refractivity contribution in [3.63, 3.8) is 0 Å². The Balaban J connectivity index is 2.37. The molecule has 0 aromatic heterocycles. The number of halogens is 1. The fourth-order valence-electron chi connectivity index (χ4n) is 1.51. The summed E-state index contributed by atoms with van der Waals surface area (Å²) in [5, 5.41) is 10.6. The van der Waals surface area contributed by atoms with Gasteiger partial charge in [0.15, 0.2) is 0 Å². The quantitative estimate of drug-likeness (QED) is 0.652. The van der Waals surface area contributed by atoms with Gasteiger partial charge < -0.3 is 5.73 Å². The first-order valence-corrected chi connectivity index (χ1v) is 5.07. The normalized spacial score (nSPS) is 24.7. The summed E-state index contributed by atoms with van der Waals surface area (Å²) in [6, 6.07) is 5.16. The van der Waals surface area contributed by atoms with E-state index in [4.69, 9.17) is 5.73 Å². The van der Waals surface area contributed by atoms with Crippen molar-refractivity contribution in [3.8, 4) is 0 Å². The summed E-state index contributed by atoms with van der Waals surface area (Å²) in [6.45, 7) is 0. The van der Waals surface area contributed by atoms with Crippen LogP contribution in [0.1, 0.15) is 17.9 Å². The molecule has 5 heteroatoms. The van der Waals surface area contributed by atoms with Gasteiger partial charge in [0.25, 0.3) is 5.69 Å². The highest BCUT2D eigenvalue weighted by Gasteiger charge is 2.35. The molecule has 1 saturated carbocycles. The predicted octanol–water partition coefficient (Wildman–Crippen LogP) is 2.17. The molecule has 2 atom stereocenters. The highest BCUT2D eigenvalue weighted by Crippen LogP contribution is 2.41. The van der Waals surface area contributed by atoms with E-state index in [0.29, 0.717) is 5.92 Å². The maximum absolute atomic E-state index is 10.6. The number of nitro benzene ring substituents is 1. The molecule has 1 aromatic rings. The zero-order valence-corrected chi connectivity index (χ0v) is 8.90. The molecule has 4 nitrogen and oxygen atoms in total. The molecule has 0 bridgehead atoms. The molecule has 0 spiro atoms. The van der Waals surface area contributed by atoms with Crippen LogP contribution in [0.2, 0.25) is 0 Å². The first kappa shape index (κ1) is 9.61. The Morgan fingerprint density at radius 1 is 1.50 bits per heavy atom. The Labute approximate surface area is 89.4 Å². The van der Waals surface area contributed by atoms with Crippen molar-refractivity contribution in [1.29, 1.82) is 0 Å². The Morgan fingerprint density at radius 3 is 2.64 bits per heavy atom. The second kappa shape index (κ2) is 3.33. The van der Waals surface area contributed by atoms with E-state index in [9.17, 15) is 10.1 Å². The average Bonchev–Trinajstić information content (AvgIpc) is 2.81. The third-order valence-corrected chi connectivity index (χ3v) is 2.84. The van der Waals surface area contributed by atoms with Crippen LogP contribution in [0.25, 0.3) is 0 Å². The molecule has 1 aromatic carbocycles. The third kappa shape index (κ3) is 1.78. The van der Waals surface area contributed by atoms with Crippen LogP contribution in [0.4, 0.5) is 5.69 Å². The Kier molecular flexibility index (Phi) is 2.28. The van der Waals surface area contributed by atoms with Crippen LogP contribution in [-0.4, -0.2) is 11.0 Å². The van der Waals surface area contributed by atoms with Crippen molar-refractivity contribution in [1.82, 2.24) is 0 Å². The average molecular weight is 257 g/mol. The van der Waals surface area contributed by atoms with Gasteiger partial charge in [-0.15, -0.1) is 0 Å². The van der Waals surface area contributed by atoms with Gasteiger partial charge in [-0.05, 0) is 18.1 Å². The Bertz CT molecular complexity index is 394. The molecule has 2 rings (SSSR count). The SMILES string of the molecule is N[C@@H]1C[C@H]1c1cc(Br)cc([N+](=O)[O-])c1. The van der Waals surface area contributed by atoms with Gasteiger partial charge in [-0.3, -0.25) is 10.1 Å². The topological polar surface area (TPSA) is 69.2 Å². The van der Waals surface area contributed by atoms with Crippen LogP contribution in [0.15, 0.2) is 22.7 Å². The van der Waals surface area contributed by atoms with Gasteiger partial charge in [0.1, 0.15) is 0 Å². The standard InChI is InChI=1S/C9H9BrN2O2/c10-6-1-5(8-4-9(8)11)2-7(3-6)12(13)14/h1-3,8-9H,4,11H2/t8-,9+/m0/s1. The van der Waals surface area contributed by atoms with Crippen molar-refractivity contribution in [3.05, 3.63) is 38.3 Å². The van der Waals surface area contributed by atoms with Crippen molar-refractivity contribution in [2.45, 2.75) is 18.4 Å². The number of non-ortho nitro benzene ring substituents is 1. The van der Waals surface area contributed by atoms with Crippen molar-refractivity contribution in [2.75, 3.05) is 0 Å². The van der Waals surface area contributed by atoms with Crippen molar-refractivity contribution < 1.29 is 4.92 Å². The number of benzene rings is 1. The smallest absolute Gasteiger partial charge is 0.270 e. The molecular weight excluding hydrogens is 248 g/mol. The molecule has 0 heterocycles. The zero-order chi connectivity index (χ0) is 10.3. The summed E-state index contributed by atoms with van der Waals surface area (Å²) in [5.41, 5.74) is 6.77. The summed E-state index contributed by atoms with van der Waals surface area (Å²) >= 11 is 3.25. The van der Waals surface area contributed by atoms with Crippen LogP contribution in [0, 0.1) is 10.1 Å². The van der Waals surface area contributed by atoms with Gasteiger partial charge in [-0.2, -0.15) is 0 Å². The Morgan fingerprint density at radius 2 is 2.14 bits per heavy atom. The molecule has 1 fully saturated rings. The number of nitro groups is 1. The number of rotatable bonds is 2. The van der Waals surface area contributed by atoms with E-state index in [1.54, 1.807) is 6.07 Å². The lowest BCUT2D eigenvalue weighted by Gasteiger charge is -2.00. The lowest BCUT2D eigenvalue weighted by Crippen LogP contribution is -2.01. The van der Waals surface area contributed by atoms with Crippen LogP contribution in [0.3, 0.4) is 0 Å². The van der Waals surface area contributed by atoms with Crippen molar-refractivity contribution >= 4 is 21.6 Å². The van der Waals surface area contributed by atoms with E-state index in [1.807, 2.05) is 6.07 Å². The second-order valence-electron chi connectivity index (χ2n) is 3.51. The molecule has 1 aliphatic rings. The molecule has 2 N–H and O–H groups in total. The summed E-state index contributed by atoms with van der Waals surface area (Å²) in [7, 11) is 0. The molecule has 14 heavy (non-hydrogen) atoms. The molecule has 0 radical (unpaired) electrons. The van der Waals surface area contributed by atoms with E-state index in [2.05, 4.69) is 15.9 Å². The fourth-order valence-corrected chi connectivity index (χ4v) is 2.01. The van der Waals surface area contributed by atoms with Crippen LogP contribution >= 0.6 is 15.9 Å². The minimum atomic E-state index is -0.387. The van der Waals surface area contributed by atoms with E-state index >= 15 is 0 Å². The number of hydrogen-bond donors (Lipinski definition) is 1. The van der Waals surface area contributed by atoms with Gasteiger partial charge in [0.05, 0.1) is 4.92 Å². The molecule has 0 amide bonds. The highest BCUT2D eigenvalue weighted by atomic mass is 79.9. The molecule has 1 aliphatic carbocycles. The van der Waals surface area contributed by atoms with Gasteiger partial charge in [0.2, 0.25) is 0 Å². The minimum Gasteiger partial charge on any atom is -0.327 e. The van der Waals surface area contributed by atoms with E-state index in [0.717, 1.165) is 16.5 Å². The first-order chi connectivity index (χ1) is 6.58. The number of hydrogen-bond acceptors (Lipinski definition) is 3. The number of nitrogens with two attached hydrogens (primary N) is 1. The van der Waals surface area contributed by atoms with Crippen LogP contribution in [-0.2, 0) is 0 Å². The molecule has 74 valence electrons. The predicted molar refractivity (Wildman–Crippen MR) is 56.1 cm³/mol. The number of nitrogens with zero attached hydrogens (tertiary/aromatic N) is 1. The van der Waals surface area contributed by atoms with Crippen LogP contribution in [0.5, 0.6) is 0 Å². The Hall–Kier alpha value is -0.940. The lowest BCUT2D eigenvalue weighted by atomic mass is 10.1. The largest absolute Gasteiger partial charge is 0.327 e. The van der Waals surface area contributed by atoms with Gasteiger partial charge in [0, 0.05) is 28.6 Å². The monoisotopic (exact) mass is 256 g/mol. The second-order valence-corrected chi connectivity index (χ2v) is 4.42. The van der Waals surface area contributed by atoms with Crippen LogP contribution < -0.4 is 5.73 Å². The van der Waals surface area contributed by atoms with Crippen molar-refractivity contribution in [2.24, 2.45) is 5.73 Å². The summed E-state index contributed by atoms with van der Waals surface area (Å²) in [5.74, 6) is 0.297. The maximum Gasteiger partial charge on any atom is 0.270 e. The first-order valence-electron chi connectivity index (χ1n) is 4.28. The van der Waals surface area contributed by atoms with E-state index in [-0.39, 0.29) is 16.7 Å².